The lowest BCUT2D eigenvalue weighted by Gasteiger charge is -2.25. The molecule has 0 radical (unpaired) electrons. The highest BCUT2D eigenvalue weighted by molar-refractivity contribution is 5.13. The standard InChI is InChI=1S/C17H26N2O2/c20-17-13-18(12-16(17)19-8-4-5-9-19)10-11-21-14-15-6-2-1-3-7-15/h1-3,6-7,16-17,20H,4-5,8-14H2/t16-,17-/m0/s1. The third-order valence-electron chi connectivity index (χ3n) is 4.61. The van der Waals surface area contributed by atoms with Crippen LogP contribution in [0.5, 0.6) is 0 Å². The first-order valence-electron chi connectivity index (χ1n) is 8.09. The van der Waals surface area contributed by atoms with Crippen LogP contribution >= 0.6 is 0 Å². The van der Waals surface area contributed by atoms with E-state index < -0.39 is 0 Å². The average molecular weight is 290 g/mol. The van der Waals surface area contributed by atoms with Crippen molar-refractivity contribution in [3.63, 3.8) is 0 Å². The van der Waals surface area contributed by atoms with Gasteiger partial charge in [0.2, 0.25) is 0 Å². The number of ether oxygens (including phenoxy) is 1. The van der Waals surface area contributed by atoms with Gasteiger partial charge in [0.25, 0.3) is 0 Å². The smallest absolute Gasteiger partial charge is 0.0834 e. The van der Waals surface area contributed by atoms with Crippen LogP contribution in [0.1, 0.15) is 18.4 Å². The minimum Gasteiger partial charge on any atom is -0.390 e. The molecule has 1 aromatic rings. The molecule has 0 aliphatic carbocycles. The van der Waals surface area contributed by atoms with Crippen molar-refractivity contribution in [2.24, 2.45) is 0 Å². The Morgan fingerprint density at radius 3 is 2.62 bits per heavy atom. The van der Waals surface area contributed by atoms with Gasteiger partial charge >= 0.3 is 0 Å². The van der Waals surface area contributed by atoms with Gasteiger partial charge in [0.05, 0.1) is 19.3 Å². The second-order valence-electron chi connectivity index (χ2n) is 6.18. The van der Waals surface area contributed by atoms with Gasteiger partial charge in [-0.2, -0.15) is 0 Å². The van der Waals surface area contributed by atoms with E-state index in [0.717, 1.165) is 39.3 Å². The van der Waals surface area contributed by atoms with Gasteiger partial charge in [-0.25, -0.2) is 0 Å². The zero-order valence-electron chi connectivity index (χ0n) is 12.7. The van der Waals surface area contributed by atoms with Gasteiger partial charge in [-0.3, -0.25) is 9.80 Å². The molecule has 0 aromatic heterocycles. The van der Waals surface area contributed by atoms with Gasteiger partial charge in [0.15, 0.2) is 0 Å². The molecule has 21 heavy (non-hydrogen) atoms. The van der Waals surface area contributed by atoms with Crippen LogP contribution in [0.15, 0.2) is 30.3 Å². The molecule has 2 aliphatic rings. The molecule has 1 aromatic carbocycles. The van der Waals surface area contributed by atoms with Crippen LogP contribution in [0.2, 0.25) is 0 Å². The van der Waals surface area contributed by atoms with Crippen molar-refractivity contribution in [2.45, 2.75) is 31.6 Å². The maximum atomic E-state index is 10.2. The Hall–Kier alpha value is -0.940. The fourth-order valence-corrected chi connectivity index (χ4v) is 3.42. The van der Waals surface area contributed by atoms with Gasteiger partial charge in [-0.1, -0.05) is 30.3 Å². The molecular weight excluding hydrogens is 264 g/mol. The second kappa shape index (κ2) is 7.36. The monoisotopic (exact) mass is 290 g/mol. The van der Waals surface area contributed by atoms with E-state index in [4.69, 9.17) is 4.74 Å². The Morgan fingerprint density at radius 1 is 1.10 bits per heavy atom. The molecule has 2 fully saturated rings. The van der Waals surface area contributed by atoms with Crippen molar-refractivity contribution in [1.82, 2.24) is 9.80 Å². The van der Waals surface area contributed by atoms with Crippen LogP contribution in [0.4, 0.5) is 0 Å². The number of aliphatic hydroxyl groups excluding tert-OH is 1. The van der Waals surface area contributed by atoms with E-state index in [1.165, 1.54) is 18.4 Å². The number of likely N-dealkylation sites (tertiary alicyclic amines) is 2. The van der Waals surface area contributed by atoms with Crippen molar-refractivity contribution in [3.8, 4) is 0 Å². The van der Waals surface area contributed by atoms with Crippen LogP contribution in [-0.4, -0.2) is 66.4 Å². The summed E-state index contributed by atoms with van der Waals surface area (Å²) in [4.78, 5) is 4.79. The molecule has 116 valence electrons. The van der Waals surface area contributed by atoms with E-state index in [-0.39, 0.29) is 6.10 Å². The summed E-state index contributed by atoms with van der Waals surface area (Å²) in [6.45, 7) is 6.39. The highest BCUT2D eigenvalue weighted by Crippen LogP contribution is 2.20. The normalized spacial score (nSPS) is 27.5. The van der Waals surface area contributed by atoms with E-state index in [0.29, 0.717) is 12.6 Å². The Labute approximate surface area is 127 Å². The third kappa shape index (κ3) is 4.04. The first-order chi connectivity index (χ1) is 10.3. The van der Waals surface area contributed by atoms with E-state index >= 15 is 0 Å². The average Bonchev–Trinajstić information content (AvgIpc) is 3.14. The molecule has 2 aliphatic heterocycles. The first-order valence-corrected chi connectivity index (χ1v) is 8.09. The summed E-state index contributed by atoms with van der Waals surface area (Å²) in [7, 11) is 0. The third-order valence-corrected chi connectivity index (χ3v) is 4.61. The fourth-order valence-electron chi connectivity index (χ4n) is 3.42. The molecule has 0 saturated carbocycles. The van der Waals surface area contributed by atoms with E-state index in [1.807, 2.05) is 18.2 Å². The van der Waals surface area contributed by atoms with Gasteiger partial charge in [0, 0.05) is 25.7 Å². The molecule has 3 rings (SSSR count). The summed E-state index contributed by atoms with van der Waals surface area (Å²) in [5.41, 5.74) is 1.22. The number of nitrogens with zero attached hydrogens (tertiary/aromatic N) is 2. The molecular formula is C17H26N2O2. The van der Waals surface area contributed by atoms with Gasteiger partial charge in [-0.15, -0.1) is 0 Å². The van der Waals surface area contributed by atoms with Crippen LogP contribution in [-0.2, 0) is 11.3 Å². The van der Waals surface area contributed by atoms with Gasteiger partial charge in [-0.05, 0) is 31.5 Å². The molecule has 2 atom stereocenters. The minimum absolute atomic E-state index is 0.197. The predicted octanol–water partition coefficient (Wildman–Crippen LogP) is 1.34. The van der Waals surface area contributed by atoms with E-state index in [1.54, 1.807) is 0 Å². The number of benzene rings is 1. The van der Waals surface area contributed by atoms with Crippen molar-refractivity contribution < 1.29 is 9.84 Å². The fraction of sp³-hybridized carbons (Fsp3) is 0.647. The topological polar surface area (TPSA) is 35.9 Å². The van der Waals surface area contributed by atoms with Crippen molar-refractivity contribution in [2.75, 3.05) is 39.3 Å². The summed E-state index contributed by atoms with van der Waals surface area (Å²) in [6.07, 6.45) is 2.37. The van der Waals surface area contributed by atoms with E-state index in [9.17, 15) is 5.11 Å². The zero-order valence-corrected chi connectivity index (χ0v) is 12.7. The molecule has 0 bridgehead atoms. The summed E-state index contributed by atoms with van der Waals surface area (Å²) in [5, 5.41) is 10.2. The van der Waals surface area contributed by atoms with Crippen molar-refractivity contribution in [3.05, 3.63) is 35.9 Å². The molecule has 4 heteroatoms. The number of β-amino-alcohol motifs (C(OH)–C–C–N with tert-alkyl or cyclic N) is 1. The maximum Gasteiger partial charge on any atom is 0.0834 e. The molecule has 1 N–H and O–H groups in total. The number of aliphatic hydroxyl groups is 1. The number of hydrogen-bond acceptors (Lipinski definition) is 4. The summed E-state index contributed by atoms with van der Waals surface area (Å²) >= 11 is 0. The lowest BCUT2D eigenvalue weighted by atomic mass is 10.2. The molecule has 2 heterocycles. The second-order valence-corrected chi connectivity index (χ2v) is 6.18. The summed E-state index contributed by atoms with van der Waals surface area (Å²) in [6, 6.07) is 10.6. The first kappa shape index (κ1) is 15.0. The summed E-state index contributed by atoms with van der Waals surface area (Å²) in [5.74, 6) is 0. The predicted molar refractivity (Wildman–Crippen MR) is 83.1 cm³/mol. The Morgan fingerprint density at radius 2 is 1.86 bits per heavy atom. The van der Waals surface area contributed by atoms with Crippen LogP contribution in [0, 0.1) is 0 Å². The molecule has 0 spiro atoms. The van der Waals surface area contributed by atoms with Crippen LogP contribution in [0.25, 0.3) is 0 Å². The number of hydrogen-bond donors (Lipinski definition) is 1. The Kier molecular flexibility index (Phi) is 5.25. The molecule has 0 amide bonds. The minimum atomic E-state index is -0.197. The Bertz CT molecular complexity index is 420. The SMILES string of the molecule is O[C@H]1CN(CCOCc2ccccc2)C[C@@H]1N1CCCC1. The largest absolute Gasteiger partial charge is 0.390 e. The molecule has 0 unspecified atom stereocenters. The highest BCUT2D eigenvalue weighted by atomic mass is 16.5. The Balaban J connectivity index is 1.36. The lowest BCUT2D eigenvalue weighted by Crippen LogP contribution is -2.41. The maximum absolute atomic E-state index is 10.2. The quantitative estimate of drug-likeness (QED) is 0.802. The van der Waals surface area contributed by atoms with Crippen molar-refractivity contribution >= 4 is 0 Å². The van der Waals surface area contributed by atoms with Crippen LogP contribution in [0.3, 0.4) is 0 Å². The molecule has 2 saturated heterocycles. The van der Waals surface area contributed by atoms with E-state index in [2.05, 4.69) is 21.9 Å². The zero-order chi connectivity index (χ0) is 14.5. The van der Waals surface area contributed by atoms with Crippen LogP contribution < -0.4 is 0 Å². The molecule has 4 nitrogen and oxygen atoms in total. The lowest BCUT2D eigenvalue weighted by molar-refractivity contribution is 0.0911. The van der Waals surface area contributed by atoms with Crippen molar-refractivity contribution in [1.29, 1.82) is 0 Å². The highest BCUT2D eigenvalue weighted by Gasteiger charge is 2.35. The van der Waals surface area contributed by atoms with Gasteiger partial charge in [0.1, 0.15) is 0 Å². The van der Waals surface area contributed by atoms with Gasteiger partial charge < -0.3 is 9.84 Å². The number of rotatable bonds is 6. The summed E-state index contributed by atoms with van der Waals surface area (Å²) < 4.78 is 5.74.